The molecule has 160 valence electrons. The zero-order chi connectivity index (χ0) is 19.7. The second kappa shape index (κ2) is 12.3. The van der Waals surface area contributed by atoms with Crippen LogP contribution in [0, 0.1) is 5.41 Å². The SMILES string of the molecule is CN=C(NCc1cc(OC)ccc1OC(F)F)NCC1(CCOC)CCC1.I. The van der Waals surface area contributed by atoms with Crippen molar-refractivity contribution < 1.29 is 23.0 Å². The Balaban J connectivity index is 0.00000392. The molecular weight excluding hydrogens is 483 g/mol. The number of nitrogens with one attached hydrogen (secondary N) is 2. The molecule has 28 heavy (non-hydrogen) atoms. The van der Waals surface area contributed by atoms with Crippen LogP contribution >= 0.6 is 24.0 Å². The van der Waals surface area contributed by atoms with Crippen LogP contribution in [0.3, 0.4) is 0 Å². The molecule has 0 spiro atoms. The van der Waals surface area contributed by atoms with Crippen LogP contribution in [0.25, 0.3) is 0 Å². The van der Waals surface area contributed by atoms with Crippen LogP contribution in [0.15, 0.2) is 23.2 Å². The Morgan fingerprint density at radius 1 is 1.25 bits per heavy atom. The van der Waals surface area contributed by atoms with Crippen LogP contribution in [-0.4, -0.2) is 47.0 Å². The Morgan fingerprint density at radius 2 is 2.00 bits per heavy atom. The summed E-state index contributed by atoms with van der Waals surface area (Å²) in [4.78, 5) is 4.22. The van der Waals surface area contributed by atoms with E-state index in [1.165, 1.54) is 32.4 Å². The zero-order valence-electron chi connectivity index (χ0n) is 16.6. The molecule has 0 heterocycles. The predicted molar refractivity (Wildman–Crippen MR) is 116 cm³/mol. The first-order chi connectivity index (χ1) is 13.0. The van der Waals surface area contributed by atoms with Crippen molar-refractivity contribution in [2.75, 3.05) is 34.4 Å². The van der Waals surface area contributed by atoms with Gasteiger partial charge in [-0.3, -0.25) is 4.99 Å². The van der Waals surface area contributed by atoms with Gasteiger partial charge in [0.05, 0.1) is 7.11 Å². The molecule has 1 aliphatic carbocycles. The van der Waals surface area contributed by atoms with Gasteiger partial charge in [0.15, 0.2) is 5.96 Å². The maximum atomic E-state index is 12.6. The number of methoxy groups -OCH3 is 2. The highest BCUT2D eigenvalue weighted by atomic mass is 127. The predicted octanol–water partition coefficient (Wildman–Crippen LogP) is 3.79. The van der Waals surface area contributed by atoms with Crippen molar-refractivity contribution in [2.45, 2.75) is 38.8 Å². The van der Waals surface area contributed by atoms with Crippen molar-refractivity contribution >= 4 is 29.9 Å². The molecular formula is C19H30F2IN3O3. The highest BCUT2D eigenvalue weighted by Crippen LogP contribution is 2.43. The van der Waals surface area contributed by atoms with E-state index in [9.17, 15) is 8.78 Å². The van der Waals surface area contributed by atoms with E-state index in [2.05, 4.69) is 20.4 Å². The van der Waals surface area contributed by atoms with Crippen LogP contribution in [0.2, 0.25) is 0 Å². The molecule has 0 unspecified atom stereocenters. The van der Waals surface area contributed by atoms with E-state index < -0.39 is 6.61 Å². The van der Waals surface area contributed by atoms with E-state index >= 15 is 0 Å². The molecule has 0 atom stereocenters. The molecule has 0 aromatic heterocycles. The minimum Gasteiger partial charge on any atom is -0.497 e. The highest BCUT2D eigenvalue weighted by molar-refractivity contribution is 14.0. The Kier molecular flexibility index (Phi) is 10.8. The van der Waals surface area contributed by atoms with E-state index in [0.717, 1.165) is 19.6 Å². The number of rotatable bonds is 10. The van der Waals surface area contributed by atoms with Crippen molar-refractivity contribution in [1.82, 2.24) is 10.6 Å². The lowest BCUT2D eigenvalue weighted by atomic mass is 9.67. The van der Waals surface area contributed by atoms with Gasteiger partial charge in [-0.1, -0.05) is 6.42 Å². The number of hydrogen-bond acceptors (Lipinski definition) is 4. The summed E-state index contributed by atoms with van der Waals surface area (Å²) in [6, 6.07) is 4.74. The summed E-state index contributed by atoms with van der Waals surface area (Å²) in [6.45, 7) is -1.06. The van der Waals surface area contributed by atoms with Crippen molar-refractivity contribution in [3.63, 3.8) is 0 Å². The molecule has 9 heteroatoms. The first kappa shape index (κ1) is 24.7. The molecule has 1 saturated carbocycles. The fraction of sp³-hybridized carbons (Fsp3) is 0.632. The molecule has 6 nitrogen and oxygen atoms in total. The normalized spacial score (nSPS) is 15.4. The van der Waals surface area contributed by atoms with Gasteiger partial charge in [0.2, 0.25) is 0 Å². The van der Waals surface area contributed by atoms with E-state index in [4.69, 9.17) is 9.47 Å². The summed E-state index contributed by atoms with van der Waals surface area (Å²) < 4.78 is 40.2. The molecule has 1 aromatic carbocycles. The third-order valence-electron chi connectivity index (χ3n) is 5.04. The molecule has 1 fully saturated rings. The number of aliphatic imine (C=N–C) groups is 1. The quantitative estimate of drug-likeness (QED) is 0.283. The number of guanidine groups is 1. The van der Waals surface area contributed by atoms with Crippen LogP contribution in [0.5, 0.6) is 11.5 Å². The maximum Gasteiger partial charge on any atom is 0.387 e. The summed E-state index contributed by atoms with van der Waals surface area (Å²) in [7, 11) is 4.92. The molecule has 0 amide bonds. The fourth-order valence-electron chi connectivity index (χ4n) is 3.21. The van der Waals surface area contributed by atoms with Crippen LogP contribution in [0.1, 0.15) is 31.2 Å². The second-order valence-electron chi connectivity index (χ2n) is 6.73. The Labute approximate surface area is 182 Å². The summed E-state index contributed by atoms with van der Waals surface area (Å²) in [6.07, 6.45) is 4.58. The van der Waals surface area contributed by atoms with Gasteiger partial charge in [-0.25, -0.2) is 0 Å². The first-order valence-electron chi connectivity index (χ1n) is 9.07. The number of nitrogens with zero attached hydrogens (tertiary/aromatic N) is 1. The van der Waals surface area contributed by atoms with Gasteiger partial charge < -0.3 is 24.8 Å². The lowest BCUT2D eigenvalue weighted by molar-refractivity contribution is -0.0505. The summed E-state index contributed by atoms with van der Waals surface area (Å²) in [5, 5.41) is 6.50. The third kappa shape index (κ3) is 7.23. The van der Waals surface area contributed by atoms with E-state index in [0.29, 0.717) is 17.3 Å². The molecule has 2 N–H and O–H groups in total. The van der Waals surface area contributed by atoms with Gasteiger partial charge in [0, 0.05) is 39.4 Å². The zero-order valence-corrected chi connectivity index (χ0v) is 18.9. The molecule has 0 radical (unpaired) electrons. The Morgan fingerprint density at radius 3 is 2.54 bits per heavy atom. The average Bonchev–Trinajstić information content (AvgIpc) is 2.63. The minimum atomic E-state index is -2.88. The summed E-state index contributed by atoms with van der Waals surface area (Å²) >= 11 is 0. The van der Waals surface area contributed by atoms with E-state index in [1.807, 2.05) is 0 Å². The summed E-state index contributed by atoms with van der Waals surface area (Å²) in [5.41, 5.74) is 0.809. The van der Waals surface area contributed by atoms with Gasteiger partial charge in [0.25, 0.3) is 0 Å². The van der Waals surface area contributed by atoms with Crippen molar-refractivity contribution in [1.29, 1.82) is 0 Å². The number of ether oxygens (including phenoxy) is 3. The largest absolute Gasteiger partial charge is 0.497 e. The van der Waals surface area contributed by atoms with Crippen molar-refractivity contribution in [3.8, 4) is 11.5 Å². The topological polar surface area (TPSA) is 64.1 Å². The summed E-state index contributed by atoms with van der Waals surface area (Å²) in [5.74, 6) is 1.30. The lowest BCUT2D eigenvalue weighted by Gasteiger charge is -2.42. The van der Waals surface area contributed by atoms with Crippen molar-refractivity contribution in [2.24, 2.45) is 10.4 Å². The van der Waals surface area contributed by atoms with Gasteiger partial charge >= 0.3 is 6.61 Å². The van der Waals surface area contributed by atoms with Gasteiger partial charge in [-0.05, 0) is 42.9 Å². The minimum absolute atomic E-state index is 0. The van der Waals surface area contributed by atoms with Crippen LogP contribution in [-0.2, 0) is 11.3 Å². The fourth-order valence-corrected chi connectivity index (χ4v) is 3.21. The molecule has 1 aromatic rings. The molecule has 0 saturated heterocycles. The second-order valence-corrected chi connectivity index (χ2v) is 6.73. The highest BCUT2D eigenvalue weighted by Gasteiger charge is 2.36. The number of hydrogen-bond donors (Lipinski definition) is 2. The average molecular weight is 513 g/mol. The molecule has 2 rings (SSSR count). The van der Waals surface area contributed by atoms with E-state index in [1.54, 1.807) is 26.3 Å². The molecule has 1 aliphatic rings. The lowest BCUT2D eigenvalue weighted by Crippen LogP contribution is -2.46. The van der Waals surface area contributed by atoms with Gasteiger partial charge in [-0.2, -0.15) is 8.78 Å². The smallest absolute Gasteiger partial charge is 0.387 e. The Bertz CT molecular complexity index is 628. The number of alkyl halides is 2. The number of benzene rings is 1. The standard InChI is InChI=1S/C19H29F2N3O3.HI/c1-22-18(24-13-19(7-4-8-19)9-10-25-2)23-12-14-11-15(26-3)5-6-16(14)27-17(20)21;/h5-6,11,17H,4,7-10,12-13H2,1-3H3,(H2,22,23,24);1H. The van der Waals surface area contributed by atoms with Gasteiger partial charge in [0.1, 0.15) is 11.5 Å². The monoisotopic (exact) mass is 513 g/mol. The first-order valence-corrected chi connectivity index (χ1v) is 9.07. The maximum absolute atomic E-state index is 12.6. The molecule has 0 aliphatic heterocycles. The number of halogens is 3. The Hall–Kier alpha value is -1.36. The van der Waals surface area contributed by atoms with Crippen molar-refractivity contribution in [3.05, 3.63) is 23.8 Å². The third-order valence-corrected chi connectivity index (χ3v) is 5.04. The van der Waals surface area contributed by atoms with Gasteiger partial charge in [-0.15, -0.1) is 24.0 Å². The van der Waals surface area contributed by atoms with Crippen LogP contribution < -0.4 is 20.1 Å². The van der Waals surface area contributed by atoms with Crippen LogP contribution in [0.4, 0.5) is 8.78 Å². The van der Waals surface area contributed by atoms with E-state index in [-0.39, 0.29) is 41.7 Å². The molecule has 0 bridgehead atoms.